The van der Waals surface area contributed by atoms with Crippen molar-refractivity contribution in [3.8, 4) is 5.75 Å². The summed E-state index contributed by atoms with van der Waals surface area (Å²) in [4.78, 5) is 24.8. The van der Waals surface area contributed by atoms with Crippen LogP contribution in [0.5, 0.6) is 5.75 Å². The third-order valence-corrected chi connectivity index (χ3v) is 4.90. The molecule has 0 saturated carbocycles. The van der Waals surface area contributed by atoms with Crippen LogP contribution in [0.15, 0.2) is 41.0 Å². The lowest BCUT2D eigenvalue weighted by molar-refractivity contribution is -0.152. The first kappa shape index (κ1) is 20.5. The molecular weight excluding hydrogens is 370 g/mol. The second-order valence-corrected chi connectivity index (χ2v) is 7.20. The zero-order chi connectivity index (χ0) is 21.1. The van der Waals surface area contributed by atoms with Crippen molar-refractivity contribution < 1.29 is 23.5 Å². The van der Waals surface area contributed by atoms with Crippen molar-refractivity contribution >= 4 is 28.5 Å². The van der Waals surface area contributed by atoms with E-state index in [9.17, 15) is 9.59 Å². The van der Waals surface area contributed by atoms with Crippen LogP contribution in [0.3, 0.4) is 0 Å². The number of hydrogen-bond acceptors (Lipinski definition) is 5. The standard InChI is InChI=1S/C23H25NO5/c1-13-6-7-20(27-5)19(8-13)24-23(26)16(4)29-22(25)11-17-12-28-21-10-15(3)14(2)9-18(17)21/h6-10,12,16H,11H2,1-5H3,(H,24,26)/t16-/m0/s1. The van der Waals surface area contributed by atoms with Crippen molar-refractivity contribution in [1.29, 1.82) is 0 Å². The molecule has 0 saturated heterocycles. The van der Waals surface area contributed by atoms with Crippen LogP contribution in [0.25, 0.3) is 11.0 Å². The van der Waals surface area contributed by atoms with Gasteiger partial charge in [-0.1, -0.05) is 6.07 Å². The molecule has 1 N–H and O–H groups in total. The lowest BCUT2D eigenvalue weighted by Gasteiger charge is -2.15. The van der Waals surface area contributed by atoms with Gasteiger partial charge in [0.25, 0.3) is 5.91 Å². The summed E-state index contributed by atoms with van der Waals surface area (Å²) in [5.41, 5.74) is 5.22. The van der Waals surface area contributed by atoms with Gasteiger partial charge >= 0.3 is 5.97 Å². The number of furan rings is 1. The Labute approximate surface area is 169 Å². The first-order valence-corrected chi connectivity index (χ1v) is 9.40. The third-order valence-electron chi connectivity index (χ3n) is 4.90. The molecule has 1 aromatic heterocycles. The molecule has 0 fully saturated rings. The molecule has 2 aromatic carbocycles. The average Bonchev–Trinajstić information content (AvgIpc) is 3.03. The molecule has 1 amide bonds. The zero-order valence-electron chi connectivity index (χ0n) is 17.3. The summed E-state index contributed by atoms with van der Waals surface area (Å²) in [5, 5.41) is 3.63. The van der Waals surface area contributed by atoms with E-state index in [0.29, 0.717) is 11.4 Å². The number of aryl methyl sites for hydroxylation is 3. The number of carbonyl (C=O) groups excluding carboxylic acids is 2. The smallest absolute Gasteiger partial charge is 0.311 e. The van der Waals surface area contributed by atoms with E-state index in [-0.39, 0.29) is 6.42 Å². The fourth-order valence-corrected chi connectivity index (χ4v) is 3.07. The number of methoxy groups -OCH3 is 1. The second-order valence-electron chi connectivity index (χ2n) is 7.20. The van der Waals surface area contributed by atoms with Crippen LogP contribution in [-0.2, 0) is 20.7 Å². The largest absolute Gasteiger partial charge is 0.495 e. The van der Waals surface area contributed by atoms with Crippen LogP contribution >= 0.6 is 0 Å². The van der Waals surface area contributed by atoms with Gasteiger partial charge in [0.1, 0.15) is 11.3 Å². The maximum atomic E-state index is 12.5. The van der Waals surface area contributed by atoms with E-state index in [1.807, 2.05) is 39.0 Å². The summed E-state index contributed by atoms with van der Waals surface area (Å²) in [7, 11) is 1.53. The van der Waals surface area contributed by atoms with E-state index in [0.717, 1.165) is 33.2 Å². The van der Waals surface area contributed by atoms with Gasteiger partial charge in [-0.05, 0) is 68.7 Å². The topological polar surface area (TPSA) is 77.8 Å². The van der Waals surface area contributed by atoms with Gasteiger partial charge in [0.2, 0.25) is 0 Å². The average molecular weight is 395 g/mol. The minimum atomic E-state index is -0.949. The molecule has 0 radical (unpaired) electrons. The summed E-state index contributed by atoms with van der Waals surface area (Å²) in [6.07, 6.45) is 0.642. The maximum absolute atomic E-state index is 12.5. The molecular formula is C23H25NO5. The van der Waals surface area contributed by atoms with Gasteiger partial charge in [-0.2, -0.15) is 0 Å². The predicted octanol–water partition coefficient (Wildman–Crippen LogP) is 4.48. The van der Waals surface area contributed by atoms with Gasteiger partial charge in [0, 0.05) is 10.9 Å². The maximum Gasteiger partial charge on any atom is 0.311 e. The Balaban J connectivity index is 1.66. The summed E-state index contributed by atoms with van der Waals surface area (Å²) in [6, 6.07) is 9.40. The summed E-state index contributed by atoms with van der Waals surface area (Å²) in [6.45, 7) is 7.47. The molecule has 0 aliphatic rings. The third kappa shape index (κ3) is 4.59. The summed E-state index contributed by atoms with van der Waals surface area (Å²) < 4.78 is 16.1. The first-order chi connectivity index (χ1) is 13.8. The molecule has 1 atom stereocenters. The molecule has 0 bridgehead atoms. The van der Waals surface area contributed by atoms with Gasteiger partial charge in [-0.3, -0.25) is 9.59 Å². The van der Waals surface area contributed by atoms with Crippen LogP contribution < -0.4 is 10.1 Å². The zero-order valence-corrected chi connectivity index (χ0v) is 17.3. The highest BCUT2D eigenvalue weighted by Gasteiger charge is 2.21. The molecule has 0 spiro atoms. The number of anilines is 1. The molecule has 6 nitrogen and oxygen atoms in total. The number of hydrogen-bond donors (Lipinski definition) is 1. The molecule has 0 aliphatic heterocycles. The predicted molar refractivity (Wildman–Crippen MR) is 111 cm³/mol. The monoisotopic (exact) mass is 395 g/mol. The van der Waals surface area contributed by atoms with Gasteiger partial charge in [-0.15, -0.1) is 0 Å². The highest BCUT2D eigenvalue weighted by molar-refractivity contribution is 5.96. The van der Waals surface area contributed by atoms with Crippen LogP contribution in [0, 0.1) is 20.8 Å². The van der Waals surface area contributed by atoms with Crippen molar-refractivity contribution in [2.24, 2.45) is 0 Å². The fourth-order valence-electron chi connectivity index (χ4n) is 3.07. The number of benzene rings is 2. The number of amides is 1. The Bertz CT molecular complexity index is 1070. The summed E-state index contributed by atoms with van der Waals surface area (Å²) in [5.74, 6) is -0.381. The first-order valence-electron chi connectivity index (χ1n) is 9.40. The number of ether oxygens (including phenoxy) is 2. The highest BCUT2D eigenvalue weighted by Crippen LogP contribution is 2.26. The number of fused-ring (bicyclic) bond motifs is 1. The Hall–Kier alpha value is -3.28. The Morgan fingerprint density at radius 1 is 1.10 bits per heavy atom. The Morgan fingerprint density at radius 3 is 2.55 bits per heavy atom. The van der Waals surface area contributed by atoms with E-state index in [4.69, 9.17) is 13.9 Å². The number of rotatable bonds is 6. The van der Waals surface area contributed by atoms with Crippen molar-refractivity contribution in [2.75, 3.05) is 12.4 Å². The molecule has 0 unspecified atom stereocenters. The van der Waals surface area contributed by atoms with Crippen molar-refractivity contribution in [2.45, 2.75) is 40.2 Å². The van der Waals surface area contributed by atoms with Crippen LogP contribution in [0.1, 0.15) is 29.2 Å². The number of esters is 1. The van der Waals surface area contributed by atoms with Crippen molar-refractivity contribution in [3.05, 3.63) is 58.8 Å². The molecule has 29 heavy (non-hydrogen) atoms. The quantitative estimate of drug-likeness (QED) is 0.623. The minimum absolute atomic E-state index is 0.0287. The van der Waals surface area contributed by atoms with Crippen molar-refractivity contribution in [3.63, 3.8) is 0 Å². The van der Waals surface area contributed by atoms with E-state index >= 15 is 0 Å². The van der Waals surface area contributed by atoms with Crippen LogP contribution in [0.4, 0.5) is 5.69 Å². The fraction of sp³-hybridized carbons (Fsp3) is 0.304. The van der Waals surface area contributed by atoms with Crippen molar-refractivity contribution in [1.82, 2.24) is 0 Å². The van der Waals surface area contributed by atoms with Gasteiger partial charge in [0.15, 0.2) is 6.10 Å². The Morgan fingerprint density at radius 2 is 1.83 bits per heavy atom. The van der Waals surface area contributed by atoms with Crippen LogP contribution in [0.2, 0.25) is 0 Å². The molecule has 3 rings (SSSR count). The number of nitrogens with one attached hydrogen (secondary N) is 1. The lowest BCUT2D eigenvalue weighted by atomic mass is 10.0. The molecule has 152 valence electrons. The second kappa shape index (κ2) is 8.39. The van der Waals surface area contributed by atoms with E-state index in [1.54, 1.807) is 18.4 Å². The Kier molecular flexibility index (Phi) is 5.92. The lowest BCUT2D eigenvalue weighted by Crippen LogP contribution is -2.30. The SMILES string of the molecule is COc1ccc(C)cc1NC(=O)[C@H](C)OC(=O)Cc1coc2cc(C)c(C)cc12. The molecule has 3 aromatic rings. The van der Waals surface area contributed by atoms with Crippen LogP contribution in [-0.4, -0.2) is 25.1 Å². The van der Waals surface area contributed by atoms with Gasteiger partial charge in [-0.25, -0.2) is 0 Å². The molecule has 1 heterocycles. The summed E-state index contributed by atoms with van der Waals surface area (Å²) >= 11 is 0. The minimum Gasteiger partial charge on any atom is -0.495 e. The van der Waals surface area contributed by atoms with E-state index in [2.05, 4.69) is 5.32 Å². The van der Waals surface area contributed by atoms with E-state index < -0.39 is 18.0 Å². The van der Waals surface area contributed by atoms with Gasteiger partial charge < -0.3 is 19.2 Å². The molecule has 0 aliphatic carbocycles. The normalized spacial score (nSPS) is 11.9. The number of carbonyl (C=O) groups is 2. The molecule has 6 heteroatoms. The highest BCUT2D eigenvalue weighted by atomic mass is 16.5. The van der Waals surface area contributed by atoms with E-state index in [1.165, 1.54) is 14.0 Å². The van der Waals surface area contributed by atoms with Gasteiger partial charge in [0.05, 0.1) is 25.5 Å².